The third kappa shape index (κ3) is 3.12. The van der Waals surface area contributed by atoms with E-state index < -0.39 is 0 Å². The third-order valence-corrected chi connectivity index (χ3v) is 4.84. The molecule has 2 rings (SSSR count). The van der Waals surface area contributed by atoms with Crippen molar-refractivity contribution in [2.45, 2.75) is 45.5 Å². The fourth-order valence-corrected chi connectivity index (χ4v) is 3.76. The van der Waals surface area contributed by atoms with Crippen LogP contribution in [0.15, 0.2) is 6.07 Å². The summed E-state index contributed by atoms with van der Waals surface area (Å²) in [7, 11) is 4.21. The van der Waals surface area contributed by atoms with Crippen LogP contribution in [0, 0.1) is 6.92 Å². The first-order valence-electron chi connectivity index (χ1n) is 6.66. The molecule has 1 fully saturated rings. The first kappa shape index (κ1) is 14.0. The standard InChI is InChI=1S/C14H24N2OS/c1-10-14(5-6-17-10)16(4)9-12-7-13(8-15-3)18-11(12)2/h7,10,14-15H,5-6,8-9H2,1-4H3. The van der Waals surface area contributed by atoms with Crippen molar-refractivity contribution >= 4 is 11.3 Å². The number of nitrogens with zero attached hydrogens (tertiary/aromatic N) is 1. The summed E-state index contributed by atoms with van der Waals surface area (Å²) in [5.74, 6) is 0. The van der Waals surface area contributed by atoms with E-state index in [4.69, 9.17) is 4.74 Å². The Balaban J connectivity index is 1.99. The molecule has 18 heavy (non-hydrogen) atoms. The van der Waals surface area contributed by atoms with Crippen molar-refractivity contribution in [3.63, 3.8) is 0 Å². The molecular weight excluding hydrogens is 244 g/mol. The van der Waals surface area contributed by atoms with Crippen molar-refractivity contribution in [3.8, 4) is 0 Å². The second-order valence-corrected chi connectivity index (χ2v) is 6.51. The average Bonchev–Trinajstić information content (AvgIpc) is 2.87. The van der Waals surface area contributed by atoms with Crippen molar-refractivity contribution in [3.05, 3.63) is 21.4 Å². The molecule has 1 aromatic heterocycles. The Bertz CT molecular complexity index is 391. The zero-order chi connectivity index (χ0) is 13.1. The lowest BCUT2D eigenvalue weighted by Gasteiger charge is -2.26. The number of rotatable bonds is 5. The monoisotopic (exact) mass is 268 g/mol. The van der Waals surface area contributed by atoms with Crippen LogP contribution in [0.2, 0.25) is 0 Å². The Kier molecular flexibility index (Phi) is 4.78. The normalized spacial score (nSPS) is 24.1. The molecule has 0 spiro atoms. The van der Waals surface area contributed by atoms with Gasteiger partial charge in [-0.25, -0.2) is 0 Å². The van der Waals surface area contributed by atoms with E-state index in [1.54, 1.807) is 0 Å². The molecule has 2 heterocycles. The molecular formula is C14H24N2OS. The van der Waals surface area contributed by atoms with Crippen molar-refractivity contribution in [1.29, 1.82) is 0 Å². The fraction of sp³-hybridized carbons (Fsp3) is 0.714. The summed E-state index contributed by atoms with van der Waals surface area (Å²) < 4.78 is 5.65. The van der Waals surface area contributed by atoms with Crippen LogP contribution in [0.3, 0.4) is 0 Å². The van der Waals surface area contributed by atoms with E-state index in [-0.39, 0.29) is 0 Å². The predicted molar refractivity (Wildman–Crippen MR) is 77.1 cm³/mol. The van der Waals surface area contributed by atoms with Gasteiger partial charge < -0.3 is 10.1 Å². The summed E-state index contributed by atoms with van der Waals surface area (Å²) in [6.07, 6.45) is 1.52. The molecule has 1 aromatic rings. The maximum atomic E-state index is 5.65. The van der Waals surface area contributed by atoms with E-state index in [0.717, 1.165) is 26.1 Å². The van der Waals surface area contributed by atoms with Crippen LogP contribution in [0.5, 0.6) is 0 Å². The highest BCUT2D eigenvalue weighted by Crippen LogP contribution is 2.25. The number of hydrogen-bond donors (Lipinski definition) is 1. The predicted octanol–water partition coefficient (Wildman–Crippen LogP) is 2.39. The van der Waals surface area contributed by atoms with Gasteiger partial charge in [0.05, 0.1) is 6.10 Å². The van der Waals surface area contributed by atoms with Crippen LogP contribution in [0.1, 0.15) is 28.7 Å². The largest absolute Gasteiger partial charge is 0.377 e. The number of hydrogen-bond acceptors (Lipinski definition) is 4. The summed E-state index contributed by atoms with van der Waals surface area (Å²) in [6.45, 7) is 7.31. The third-order valence-electron chi connectivity index (χ3n) is 3.74. The van der Waals surface area contributed by atoms with E-state index in [0.29, 0.717) is 12.1 Å². The average molecular weight is 268 g/mol. The first-order chi connectivity index (χ1) is 8.61. The fourth-order valence-electron chi connectivity index (χ4n) is 2.69. The van der Waals surface area contributed by atoms with Crippen LogP contribution in [0.4, 0.5) is 0 Å². The second kappa shape index (κ2) is 6.15. The molecule has 102 valence electrons. The number of likely N-dealkylation sites (N-methyl/N-ethyl adjacent to an activating group) is 1. The van der Waals surface area contributed by atoms with Gasteiger partial charge in [0.25, 0.3) is 0 Å². The maximum absolute atomic E-state index is 5.65. The van der Waals surface area contributed by atoms with Gasteiger partial charge in [0.2, 0.25) is 0 Å². The van der Waals surface area contributed by atoms with Gasteiger partial charge in [-0.15, -0.1) is 11.3 Å². The van der Waals surface area contributed by atoms with Gasteiger partial charge in [-0.2, -0.15) is 0 Å². The Labute approximate surface area is 114 Å². The maximum Gasteiger partial charge on any atom is 0.0703 e. The smallest absolute Gasteiger partial charge is 0.0703 e. The Morgan fingerprint density at radius 3 is 2.94 bits per heavy atom. The summed E-state index contributed by atoms with van der Waals surface area (Å²) in [5, 5.41) is 3.22. The molecule has 0 radical (unpaired) electrons. The lowest BCUT2D eigenvalue weighted by Crippen LogP contribution is -2.36. The summed E-state index contributed by atoms with van der Waals surface area (Å²) >= 11 is 1.90. The highest BCUT2D eigenvalue weighted by Gasteiger charge is 2.28. The number of nitrogens with one attached hydrogen (secondary N) is 1. The van der Waals surface area contributed by atoms with Crippen molar-refractivity contribution in [1.82, 2.24) is 10.2 Å². The molecule has 2 unspecified atom stereocenters. The minimum atomic E-state index is 0.366. The molecule has 1 aliphatic rings. The molecule has 0 amide bonds. The van der Waals surface area contributed by atoms with E-state index in [1.807, 2.05) is 18.4 Å². The van der Waals surface area contributed by atoms with Crippen LogP contribution in [-0.4, -0.2) is 37.7 Å². The molecule has 0 aromatic carbocycles. The van der Waals surface area contributed by atoms with Crippen molar-refractivity contribution < 1.29 is 4.74 Å². The first-order valence-corrected chi connectivity index (χ1v) is 7.48. The zero-order valence-electron chi connectivity index (χ0n) is 11.8. The van der Waals surface area contributed by atoms with Gasteiger partial charge in [0, 0.05) is 35.5 Å². The van der Waals surface area contributed by atoms with Gasteiger partial charge in [-0.3, -0.25) is 4.90 Å². The SMILES string of the molecule is CNCc1cc(CN(C)C2CCOC2C)c(C)s1. The van der Waals surface area contributed by atoms with Gasteiger partial charge in [-0.1, -0.05) is 0 Å². The summed E-state index contributed by atoms with van der Waals surface area (Å²) in [4.78, 5) is 5.31. The zero-order valence-corrected chi connectivity index (χ0v) is 12.6. The highest BCUT2D eigenvalue weighted by molar-refractivity contribution is 7.12. The van der Waals surface area contributed by atoms with Crippen LogP contribution >= 0.6 is 11.3 Å². The number of ether oxygens (including phenoxy) is 1. The van der Waals surface area contributed by atoms with Gasteiger partial charge in [-0.05, 0) is 46.0 Å². The van der Waals surface area contributed by atoms with Gasteiger partial charge in [0.15, 0.2) is 0 Å². The van der Waals surface area contributed by atoms with Crippen LogP contribution < -0.4 is 5.32 Å². The van der Waals surface area contributed by atoms with E-state index in [9.17, 15) is 0 Å². The molecule has 3 nitrogen and oxygen atoms in total. The lowest BCUT2D eigenvalue weighted by molar-refractivity contribution is 0.0814. The molecule has 1 saturated heterocycles. The molecule has 0 saturated carbocycles. The van der Waals surface area contributed by atoms with E-state index >= 15 is 0 Å². The lowest BCUT2D eigenvalue weighted by atomic mass is 10.1. The van der Waals surface area contributed by atoms with E-state index in [2.05, 4.69) is 37.2 Å². The molecule has 4 heteroatoms. The summed E-state index contributed by atoms with van der Waals surface area (Å²) in [5.41, 5.74) is 1.46. The van der Waals surface area contributed by atoms with Crippen LogP contribution in [0.25, 0.3) is 0 Å². The van der Waals surface area contributed by atoms with Crippen LogP contribution in [-0.2, 0) is 17.8 Å². The highest BCUT2D eigenvalue weighted by atomic mass is 32.1. The molecule has 1 aliphatic heterocycles. The molecule has 0 aliphatic carbocycles. The van der Waals surface area contributed by atoms with Gasteiger partial charge in [0.1, 0.15) is 0 Å². The number of aryl methyl sites for hydroxylation is 1. The topological polar surface area (TPSA) is 24.5 Å². The Morgan fingerprint density at radius 1 is 1.56 bits per heavy atom. The minimum Gasteiger partial charge on any atom is -0.377 e. The number of thiophene rings is 1. The van der Waals surface area contributed by atoms with Crippen molar-refractivity contribution in [2.24, 2.45) is 0 Å². The molecule has 1 N–H and O–H groups in total. The van der Waals surface area contributed by atoms with Gasteiger partial charge >= 0.3 is 0 Å². The summed E-state index contributed by atoms with van der Waals surface area (Å²) in [6, 6.07) is 2.91. The molecule has 0 bridgehead atoms. The Morgan fingerprint density at radius 2 is 2.33 bits per heavy atom. The minimum absolute atomic E-state index is 0.366. The Hall–Kier alpha value is -0.420. The quantitative estimate of drug-likeness (QED) is 0.887. The van der Waals surface area contributed by atoms with E-state index in [1.165, 1.54) is 15.3 Å². The van der Waals surface area contributed by atoms with Crippen molar-refractivity contribution in [2.75, 3.05) is 20.7 Å². The second-order valence-electron chi connectivity index (χ2n) is 5.17. The molecule has 2 atom stereocenters.